The van der Waals surface area contributed by atoms with Crippen LogP contribution in [0.4, 0.5) is 0 Å². The fraction of sp³-hybridized carbons (Fsp3) is 0.250. The Morgan fingerprint density at radius 3 is 2.37 bits per heavy atom. The predicted octanol–water partition coefficient (Wildman–Crippen LogP) is 1.67. The smallest absolute Gasteiger partial charge is 0.320 e. The molecule has 27 heavy (non-hydrogen) atoms. The number of aliphatic carboxylic acids is 1. The van der Waals surface area contributed by atoms with Gasteiger partial charge in [0.05, 0.1) is 0 Å². The average molecular weight is 370 g/mol. The largest absolute Gasteiger partial charge is 0.480 e. The van der Waals surface area contributed by atoms with Crippen LogP contribution in [0.15, 0.2) is 54.6 Å². The van der Waals surface area contributed by atoms with E-state index in [-0.39, 0.29) is 24.8 Å². The first-order valence-electron chi connectivity index (χ1n) is 8.37. The van der Waals surface area contributed by atoms with Gasteiger partial charge >= 0.3 is 5.97 Å². The Morgan fingerprint density at radius 1 is 1.15 bits per heavy atom. The molecular weight excluding hydrogens is 348 g/mol. The van der Waals surface area contributed by atoms with Crippen molar-refractivity contribution in [1.82, 2.24) is 5.06 Å². The Balaban J connectivity index is 2.35. The minimum atomic E-state index is -1.52. The lowest BCUT2D eigenvalue weighted by Gasteiger charge is -2.33. The van der Waals surface area contributed by atoms with Gasteiger partial charge in [0.25, 0.3) is 0 Å². The fourth-order valence-corrected chi connectivity index (χ4v) is 2.87. The van der Waals surface area contributed by atoms with E-state index in [0.717, 1.165) is 5.56 Å². The zero-order valence-electron chi connectivity index (χ0n) is 14.9. The molecule has 0 aliphatic heterocycles. The Hall–Kier alpha value is -3.03. The van der Waals surface area contributed by atoms with Crippen LogP contribution >= 0.6 is 0 Å². The number of hydroxylamine groups is 2. The van der Waals surface area contributed by atoms with E-state index < -0.39 is 23.3 Å². The van der Waals surface area contributed by atoms with Gasteiger partial charge in [-0.2, -0.15) is 0 Å². The molecule has 0 aromatic heterocycles. The summed E-state index contributed by atoms with van der Waals surface area (Å²) in [5.74, 6) is -1.60. The molecular formula is C20H22N2O5. The van der Waals surface area contributed by atoms with E-state index >= 15 is 0 Å². The first-order valence-corrected chi connectivity index (χ1v) is 8.37. The lowest BCUT2D eigenvalue weighted by molar-refractivity contribution is -0.169. The summed E-state index contributed by atoms with van der Waals surface area (Å²) in [5, 5.41) is 19.4. The molecule has 0 fully saturated rings. The number of hydrogen-bond acceptors (Lipinski definition) is 5. The molecule has 4 N–H and O–H groups in total. The van der Waals surface area contributed by atoms with E-state index in [2.05, 4.69) is 0 Å². The van der Waals surface area contributed by atoms with E-state index in [4.69, 9.17) is 10.8 Å². The van der Waals surface area contributed by atoms with Gasteiger partial charge in [-0.1, -0.05) is 48.5 Å². The van der Waals surface area contributed by atoms with E-state index in [0.29, 0.717) is 10.6 Å². The monoisotopic (exact) mass is 370 g/mol. The molecule has 0 heterocycles. The summed E-state index contributed by atoms with van der Waals surface area (Å²) in [5.41, 5.74) is 5.64. The summed E-state index contributed by atoms with van der Waals surface area (Å²) in [6.45, 7) is 1.48. The number of hydrogen-bond donors (Lipinski definition) is 3. The van der Waals surface area contributed by atoms with Crippen molar-refractivity contribution in [2.45, 2.75) is 31.3 Å². The number of nitrogens with zero attached hydrogens (tertiary/aromatic N) is 1. The molecule has 2 aromatic rings. The van der Waals surface area contributed by atoms with Gasteiger partial charge in [0.1, 0.15) is 11.6 Å². The molecule has 0 saturated heterocycles. The van der Waals surface area contributed by atoms with Crippen molar-refractivity contribution in [2.75, 3.05) is 0 Å². The molecule has 0 aliphatic carbocycles. The average Bonchev–Trinajstić information content (AvgIpc) is 2.67. The number of ketones is 1. The Labute approximate surface area is 157 Å². The molecule has 2 rings (SSSR count). The molecule has 0 aliphatic rings. The quantitative estimate of drug-likeness (QED) is 0.267. The van der Waals surface area contributed by atoms with Crippen molar-refractivity contribution in [3.8, 4) is 0 Å². The van der Waals surface area contributed by atoms with Crippen LogP contribution in [-0.4, -0.2) is 45.1 Å². The van der Waals surface area contributed by atoms with Crippen LogP contribution in [0.3, 0.4) is 0 Å². The predicted molar refractivity (Wildman–Crippen MR) is 98.3 cm³/mol. The summed E-state index contributed by atoms with van der Waals surface area (Å²) < 4.78 is 0. The first-order chi connectivity index (χ1) is 12.8. The number of rotatable bonds is 9. The normalized spacial score (nSPS) is 14.0. The van der Waals surface area contributed by atoms with Crippen LogP contribution in [0, 0.1) is 0 Å². The van der Waals surface area contributed by atoms with E-state index in [9.17, 15) is 19.6 Å². The van der Waals surface area contributed by atoms with Crippen LogP contribution in [0.1, 0.15) is 28.4 Å². The van der Waals surface area contributed by atoms with Gasteiger partial charge in [-0.05, 0) is 30.5 Å². The fourth-order valence-electron chi connectivity index (χ4n) is 2.87. The minimum absolute atomic E-state index is 0.0579. The summed E-state index contributed by atoms with van der Waals surface area (Å²) in [6, 6.07) is 14.3. The zero-order valence-corrected chi connectivity index (χ0v) is 14.9. The SMILES string of the molecule is C[C@@](Cc1ccccc1)(C(=O)c1cccc(C[C@H](N)C(=O)O)c1)N(O)C=O. The maximum atomic E-state index is 13.1. The second-order valence-electron chi connectivity index (χ2n) is 6.56. The molecule has 0 spiro atoms. The number of benzene rings is 2. The molecule has 0 radical (unpaired) electrons. The molecule has 0 unspecified atom stereocenters. The number of nitrogens with two attached hydrogens (primary N) is 1. The lowest BCUT2D eigenvalue weighted by atomic mass is 9.84. The van der Waals surface area contributed by atoms with E-state index in [1.54, 1.807) is 42.5 Å². The topological polar surface area (TPSA) is 121 Å². The highest BCUT2D eigenvalue weighted by molar-refractivity contribution is 6.04. The van der Waals surface area contributed by atoms with Gasteiger partial charge in [-0.3, -0.25) is 19.6 Å². The summed E-state index contributed by atoms with van der Waals surface area (Å²) in [4.78, 5) is 35.3. The van der Waals surface area contributed by atoms with Crippen LogP contribution in [-0.2, 0) is 22.4 Å². The Morgan fingerprint density at radius 2 is 1.78 bits per heavy atom. The van der Waals surface area contributed by atoms with Crippen molar-refractivity contribution in [3.63, 3.8) is 0 Å². The standard InChI is InChI=1S/C20H22N2O5/c1-20(22(27)13-23,12-14-6-3-2-4-7-14)18(24)16-9-5-8-15(10-16)11-17(21)19(25)26/h2-10,13,17,27H,11-12,21H2,1H3,(H,25,26)/t17-,20+/m0/s1. The number of carbonyl (C=O) groups is 3. The van der Waals surface area contributed by atoms with Gasteiger partial charge in [0, 0.05) is 12.0 Å². The third-order valence-electron chi connectivity index (χ3n) is 4.45. The van der Waals surface area contributed by atoms with E-state index in [1.165, 1.54) is 13.0 Å². The zero-order chi connectivity index (χ0) is 20.0. The van der Waals surface area contributed by atoms with Crippen LogP contribution in [0.5, 0.6) is 0 Å². The highest BCUT2D eigenvalue weighted by atomic mass is 16.5. The third-order valence-corrected chi connectivity index (χ3v) is 4.45. The second kappa shape index (κ2) is 8.57. The van der Waals surface area contributed by atoms with E-state index in [1.807, 2.05) is 6.07 Å². The maximum Gasteiger partial charge on any atom is 0.320 e. The first kappa shape index (κ1) is 20.3. The van der Waals surface area contributed by atoms with Crippen molar-refractivity contribution in [1.29, 1.82) is 0 Å². The number of carbonyl (C=O) groups excluding carboxylic acids is 2. The Bertz CT molecular complexity index is 824. The minimum Gasteiger partial charge on any atom is -0.480 e. The highest BCUT2D eigenvalue weighted by Gasteiger charge is 2.39. The molecule has 7 heteroatoms. The number of carboxylic acid groups (broad SMARTS) is 1. The Kier molecular flexibility index (Phi) is 6.44. The molecule has 0 bridgehead atoms. The molecule has 1 amide bonds. The number of amides is 1. The summed E-state index contributed by atoms with van der Waals surface area (Å²) in [7, 11) is 0. The van der Waals surface area contributed by atoms with Gasteiger partial charge < -0.3 is 10.8 Å². The lowest BCUT2D eigenvalue weighted by Crippen LogP contribution is -2.52. The summed E-state index contributed by atoms with van der Waals surface area (Å²) in [6.07, 6.45) is 0.369. The second-order valence-corrected chi connectivity index (χ2v) is 6.56. The molecule has 2 atom stereocenters. The maximum absolute atomic E-state index is 13.1. The van der Waals surface area contributed by atoms with Crippen LogP contribution < -0.4 is 5.73 Å². The van der Waals surface area contributed by atoms with Crippen molar-refractivity contribution >= 4 is 18.2 Å². The van der Waals surface area contributed by atoms with Crippen molar-refractivity contribution in [2.24, 2.45) is 5.73 Å². The van der Waals surface area contributed by atoms with Crippen LogP contribution in [0.2, 0.25) is 0 Å². The molecule has 0 saturated carbocycles. The van der Waals surface area contributed by atoms with Gasteiger partial charge in [0.2, 0.25) is 6.41 Å². The van der Waals surface area contributed by atoms with Gasteiger partial charge in [0.15, 0.2) is 5.78 Å². The van der Waals surface area contributed by atoms with Crippen molar-refractivity contribution < 1.29 is 24.7 Å². The summed E-state index contributed by atoms with van der Waals surface area (Å²) >= 11 is 0. The van der Waals surface area contributed by atoms with Crippen molar-refractivity contribution in [3.05, 3.63) is 71.3 Å². The number of carboxylic acids is 1. The molecule has 2 aromatic carbocycles. The number of Topliss-reactive ketones (excluding diaryl/α,β-unsaturated/α-hetero) is 1. The van der Waals surface area contributed by atoms with Gasteiger partial charge in [-0.25, -0.2) is 5.06 Å². The highest BCUT2D eigenvalue weighted by Crippen LogP contribution is 2.24. The van der Waals surface area contributed by atoms with Gasteiger partial charge in [-0.15, -0.1) is 0 Å². The third kappa shape index (κ3) is 4.78. The molecule has 7 nitrogen and oxygen atoms in total. The molecule has 142 valence electrons. The van der Waals surface area contributed by atoms with Crippen LogP contribution in [0.25, 0.3) is 0 Å².